The quantitative estimate of drug-likeness (QED) is 0.310. The number of carboxylic acids is 1. The van der Waals surface area contributed by atoms with Gasteiger partial charge in [0.05, 0.1) is 5.84 Å². The fraction of sp³-hybridized carbons (Fsp3) is 0.500. The Morgan fingerprint density at radius 3 is 1.62 bits per heavy atom. The summed E-state index contributed by atoms with van der Waals surface area (Å²) >= 11 is 0. The van der Waals surface area contributed by atoms with E-state index in [1.807, 2.05) is 0 Å². The first-order valence-electron chi connectivity index (χ1n) is 1.97. The van der Waals surface area contributed by atoms with Crippen molar-refractivity contribution in [2.24, 2.45) is 5.73 Å². The number of carboxylic acid groups (broad SMARTS) is 1. The van der Waals surface area contributed by atoms with Crippen LogP contribution in [0.4, 0.5) is 0 Å². The summed E-state index contributed by atoms with van der Waals surface area (Å²) in [4.78, 5) is 9.00. The van der Waals surface area contributed by atoms with Crippen LogP contribution in [0.1, 0.15) is 13.8 Å². The van der Waals surface area contributed by atoms with E-state index in [2.05, 4.69) is 0 Å². The summed E-state index contributed by atoms with van der Waals surface area (Å²) in [6.45, 7) is 2.61. The number of rotatable bonds is 0. The molecule has 0 unspecified atom stereocenters. The second-order valence-corrected chi connectivity index (χ2v) is 1.20. The zero-order valence-electron chi connectivity index (χ0n) is 4.93. The second-order valence-electron chi connectivity index (χ2n) is 1.20. The summed E-state index contributed by atoms with van der Waals surface area (Å²) in [5.74, 6) is -0.667. The van der Waals surface area contributed by atoms with Gasteiger partial charge in [0.1, 0.15) is 0 Å². The molecule has 0 saturated heterocycles. The zero-order chi connectivity index (χ0) is 7.15. The largest absolute Gasteiger partial charge is 0.481 e. The Hall–Kier alpha value is -1.06. The van der Waals surface area contributed by atoms with Gasteiger partial charge in [-0.05, 0) is 6.92 Å². The first-order chi connectivity index (χ1) is 3.46. The lowest BCUT2D eigenvalue weighted by Crippen LogP contribution is -2.00. The number of hydrogen-bond acceptors (Lipinski definition) is 2. The van der Waals surface area contributed by atoms with Gasteiger partial charge in [-0.1, -0.05) is 0 Å². The molecule has 0 saturated carbocycles. The van der Waals surface area contributed by atoms with Crippen molar-refractivity contribution >= 4 is 11.8 Å². The average molecular weight is 118 g/mol. The lowest BCUT2D eigenvalue weighted by molar-refractivity contribution is -0.134. The fourth-order valence-corrected chi connectivity index (χ4v) is 0. The molecule has 0 heterocycles. The standard InChI is InChI=1S/C2H6N2.C2H4O2/c2*1-2(3)4/h1H3,(H3,3,4);1H3,(H,3,4). The van der Waals surface area contributed by atoms with Crippen molar-refractivity contribution < 1.29 is 9.90 Å². The molecule has 0 aliphatic carbocycles. The number of nitrogens with two attached hydrogens (primary N) is 1. The van der Waals surface area contributed by atoms with E-state index in [0.717, 1.165) is 6.92 Å². The monoisotopic (exact) mass is 118 g/mol. The highest BCUT2D eigenvalue weighted by atomic mass is 16.4. The molecule has 0 aliphatic rings. The van der Waals surface area contributed by atoms with Gasteiger partial charge in [-0.25, -0.2) is 0 Å². The van der Waals surface area contributed by atoms with Gasteiger partial charge in [0.2, 0.25) is 0 Å². The topological polar surface area (TPSA) is 87.2 Å². The van der Waals surface area contributed by atoms with E-state index in [-0.39, 0.29) is 5.84 Å². The number of amidine groups is 1. The van der Waals surface area contributed by atoms with E-state index in [4.69, 9.17) is 21.0 Å². The Balaban J connectivity index is 0. The molecule has 4 N–H and O–H groups in total. The van der Waals surface area contributed by atoms with Crippen molar-refractivity contribution in [3.8, 4) is 0 Å². The molecule has 4 nitrogen and oxygen atoms in total. The van der Waals surface area contributed by atoms with Gasteiger partial charge in [-0.15, -0.1) is 0 Å². The number of carbonyl (C=O) groups is 1. The minimum absolute atomic E-state index is 0.167. The third-order valence-corrected chi connectivity index (χ3v) is 0. The summed E-state index contributed by atoms with van der Waals surface area (Å²) in [5.41, 5.74) is 4.69. The van der Waals surface area contributed by atoms with E-state index in [1.54, 1.807) is 0 Å². The van der Waals surface area contributed by atoms with Gasteiger partial charge in [-0.3, -0.25) is 10.2 Å². The van der Waals surface area contributed by atoms with Crippen LogP contribution < -0.4 is 5.73 Å². The summed E-state index contributed by atoms with van der Waals surface area (Å²) in [6, 6.07) is 0. The maximum atomic E-state index is 9.00. The smallest absolute Gasteiger partial charge is 0.300 e. The predicted octanol–water partition coefficient (Wildman–Crippen LogP) is 0.0332. The Labute approximate surface area is 47.8 Å². The van der Waals surface area contributed by atoms with E-state index < -0.39 is 5.97 Å². The Morgan fingerprint density at radius 2 is 1.62 bits per heavy atom. The van der Waals surface area contributed by atoms with Crippen molar-refractivity contribution in [1.29, 1.82) is 5.41 Å². The molecule has 48 valence electrons. The summed E-state index contributed by atoms with van der Waals surface area (Å²) in [7, 11) is 0. The lowest BCUT2D eigenvalue weighted by Gasteiger charge is -1.66. The second kappa shape index (κ2) is 5.94. The molecule has 0 aromatic heterocycles. The van der Waals surface area contributed by atoms with Gasteiger partial charge < -0.3 is 10.8 Å². The normalized spacial score (nSPS) is 6.25. The summed E-state index contributed by atoms with van der Waals surface area (Å²) in [5, 5.41) is 13.7. The molecule has 0 fully saturated rings. The Morgan fingerprint density at radius 1 is 1.62 bits per heavy atom. The van der Waals surface area contributed by atoms with Crippen molar-refractivity contribution in [3.05, 3.63) is 0 Å². The number of aliphatic carboxylic acids is 1. The minimum atomic E-state index is -0.833. The van der Waals surface area contributed by atoms with Crippen LogP contribution in [0.5, 0.6) is 0 Å². The van der Waals surface area contributed by atoms with Crippen LogP contribution in [0.15, 0.2) is 0 Å². The molecule has 0 bridgehead atoms. The molecule has 0 aromatic carbocycles. The van der Waals surface area contributed by atoms with E-state index >= 15 is 0 Å². The van der Waals surface area contributed by atoms with Gasteiger partial charge in [0.25, 0.3) is 5.97 Å². The molecule has 0 aromatic rings. The zero-order valence-corrected chi connectivity index (χ0v) is 4.93. The molecule has 0 spiro atoms. The van der Waals surface area contributed by atoms with Crippen LogP contribution in [0.25, 0.3) is 0 Å². The molecule has 0 rings (SSSR count). The van der Waals surface area contributed by atoms with Gasteiger partial charge in [0.15, 0.2) is 0 Å². The van der Waals surface area contributed by atoms with Crippen LogP contribution in [0, 0.1) is 5.41 Å². The Bertz CT molecular complexity index is 70.0. The lowest BCUT2D eigenvalue weighted by atomic mass is 10.8. The molecule has 0 aliphatic heterocycles. The molecule has 0 radical (unpaired) electrons. The highest BCUT2D eigenvalue weighted by Crippen LogP contribution is 1.42. The number of nitrogens with one attached hydrogen (secondary N) is 1. The maximum absolute atomic E-state index is 9.00. The first kappa shape index (κ1) is 10.0. The SMILES string of the molecule is CC(=N)N.CC(=O)O. The molecule has 0 atom stereocenters. The maximum Gasteiger partial charge on any atom is 0.300 e. The highest BCUT2D eigenvalue weighted by molar-refractivity contribution is 5.73. The van der Waals surface area contributed by atoms with Gasteiger partial charge in [0, 0.05) is 6.92 Å². The van der Waals surface area contributed by atoms with Crippen LogP contribution in [0.2, 0.25) is 0 Å². The third-order valence-electron chi connectivity index (χ3n) is 0. The predicted molar refractivity (Wildman–Crippen MR) is 30.9 cm³/mol. The highest BCUT2D eigenvalue weighted by Gasteiger charge is 1.65. The van der Waals surface area contributed by atoms with Crippen LogP contribution in [-0.4, -0.2) is 16.9 Å². The molecular weight excluding hydrogens is 108 g/mol. The average Bonchev–Trinajstić information content (AvgIpc) is 1.25. The summed E-state index contributed by atoms with van der Waals surface area (Å²) < 4.78 is 0. The third kappa shape index (κ3) is 68.3. The van der Waals surface area contributed by atoms with Crippen molar-refractivity contribution in [1.82, 2.24) is 0 Å². The van der Waals surface area contributed by atoms with Crippen LogP contribution >= 0.6 is 0 Å². The van der Waals surface area contributed by atoms with E-state index in [9.17, 15) is 0 Å². The molecule has 4 heteroatoms. The van der Waals surface area contributed by atoms with Crippen LogP contribution in [-0.2, 0) is 4.79 Å². The van der Waals surface area contributed by atoms with Crippen molar-refractivity contribution in [2.45, 2.75) is 13.8 Å². The Kier molecular flexibility index (Phi) is 7.45. The van der Waals surface area contributed by atoms with E-state index in [1.165, 1.54) is 6.92 Å². The molecule has 8 heavy (non-hydrogen) atoms. The van der Waals surface area contributed by atoms with Gasteiger partial charge in [-0.2, -0.15) is 0 Å². The molecular formula is C4H10N2O2. The van der Waals surface area contributed by atoms with E-state index in [0.29, 0.717) is 0 Å². The number of hydrogen-bond donors (Lipinski definition) is 3. The van der Waals surface area contributed by atoms with Crippen molar-refractivity contribution in [3.63, 3.8) is 0 Å². The fourth-order valence-electron chi connectivity index (χ4n) is 0. The first-order valence-corrected chi connectivity index (χ1v) is 1.97. The van der Waals surface area contributed by atoms with Crippen molar-refractivity contribution in [2.75, 3.05) is 0 Å². The van der Waals surface area contributed by atoms with Crippen LogP contribution in [0.3, 0.4) is 0 Å². The summed E-state index contributed by atoms with van der Waals surface area (Å²) in [6.07, 6.45) is 0. The van der Waals surface area contributed by atoms with Gasteiger partial charge >= 0.3 is 0 Å². The molecule has 0 amide bonds. The minimum Gasteiger partial charge on any atom is -0.481 e.